The average Bonchev–Trinajstić information content (AvgIpc) is 2.88. The molecule has 0 bridgehead atoms. The monoisotopic (exact) mass is 514 g/mol. The number of ether oxygens (including phenoxy) is 1. The van der Waals surface area contributed by atoms with Gasteiger partial charge >= 0.3 is 11.8 Å². The van der Waals surface area contributed by atoms with E-state index in [1.165, 1.54) is 11.8 Å². The van der Waals surface area contributed by atoms with Crippen molar-refractivity contribution in [1.82, 2.24) is 10.7 Å². The molecular weight excluding hydrogens is 480 g/mol. The Hall–Kier alpha value is -4.46. The molecule has 0 aliphatic carbocycles. The van der Waals surface area contributed by atoms with Crippen LogP contribution >= 0.6 is 0 Å². The molecule has 0 radical (unpaired) electrons. The third-order valence-electron chi connectivity index (χ3n) is 5.89. The highest BCUT2D eigenvalue weighted by atomic mass is 16.5. The van der Waals surface area contributed by atoms with E-state index in [0.717, 1.165) is 27.9 Å². The molecule has 38 heavy (non-hydrogen) atoms. The molecule has 8 nitrogen and oxygen atoms in total. The van der Waals surface area contributed by atoms with Crippen molar-refractivity contribution in [3.8, 4) is 5.75 Å². The van der Waals surface area contributed by atoms with Gasteiger partial charge in [-0.2, -0.15) is 5.10 Å². The van der Waals surface area contributed by atoms with Crippen molar-refractivity contribution in [2.24, 2.45) is 5.10 Å². The Balaban J connectivity index is 1.50. The molecule has 0 aromatic heterocycles. The first-order valence-electron chi connectivity index (χ1n) is 12.4. The number of nitrogens with zero attached hydrogens (tertiary/aromatic N) is 1. The van der Waals surface area contributed by atoms with Gasteiger partial charge < -0.3 is 15.4 Å². The van der Waals surface area contributed by atoms with Crippen LogP contribution < -0.4 is 20.8 Å². The predicted molar refractivity (Wildman–Crippen MR) is 149 cm³/mol. The molecular formula is C30H34N4O4. The lowest BCUT2D eigenvalue weighted by Gasteiger charge is -2.14. The van der Waals surface area contributed by atoms with Crippen LogP contribution in [0, 0.1) is 20.8 Å². The predicted octanol–water partition coefficient (Wildman–Crippen LogP) is 4.52. The van der Waals surface area contributed by atoms with E-state index < -0.39 is 11.8 Å². The van der Waals surface area contributed by atoms with Crippen molar-refractivity contribution < 1.29 is 19.1 Å². The summed E-state index contributed by atoms with van der Waals surface area (Å²) in [4.78, 5) is 36.8. The summed E-state index contributed by atoms with van der Waals surface area (Å²) in [6, 6.07) is 18.8. The number of nitrogens with one attached hydrogen (secondary N) is 3. The van der Waals surface area contributed by atoms with E-state index in [0.29, 0.717) is 17.2 Å². The number of carbonyl (C=O) groups excluding carboxylic acids is 3. The molecule has 3 rings (SSSR count). The maximum atomic E-state index is 12.5. The molecule has 0 heterocycles. The van der Waals surface area contributed by atoms with Crippen molar-refractivity contribution in [3.05, 3.63) is 94.0 Å². The maximum absolute atomic E-state index is 12.5. The molecule has 198 valence electrons. The van der Waals surface area contributed by atoms with Crippen molar-refractivity contribution >= 4 is 29.6 Å². The van der Waals surface area contributed by atoms with Gasteiger partial charge in [-0.1, -0.05) is 67.9 Å². The van der Waals surface area contributed by atoms with E-state index >= 15 is 0 Å². The van der Waals surface area contributed by atoms with Gasteiger partial charge in [-0.3, -0.25) is 14.4 Å². The lowest BCUT2D eigenvalue weighted by Crippen LogP contribution is -2.37. The van der Waals surface area contributed by atoms with Gasteiger partial charge in [-0.25, -0.2) is 5.43 Å². The fourth-order valence-corrected chi connectivity index (χ4v) is 3.91. The van der Waals surface area contributed by atoms with Gasteiger partial charge in [-0.05, 0) is 61.1 Å². The Morgan fingerprint density at radius 3 is 2.24 bits per heavy atom. The van der Waals surface area contributed by atoms with Crippen LogP contribution in [-0.2, 0) is 20.9 Å². The topological polar surface area (TPSA) is 109 Å². The molecule has 0 spiro atoms. The zero-order chi connectivity index (χ0) is 27.7. The van der Waals surface area contributed by atoms with Crippen LogP contribution in [-0.4, -0.2) is 30.5 Å². The largest absolute Gasteiger partial charge is 0.483 e. The van der Waals surface area contributed by atoms with Gasteiger partial charge in [0.25, 0.3) is 5.91 Å². The first-order valence-corrected chi connectivity index (χ1v) is 12.4. The Morgan fingerprint density at radius 2 is 1.58 bits per heavy atom. The van der Waals surface area contributed by atoms with E-state index in [1.54, 1.807) is 24.3 Å². The molecule has 0 unspecified atom stereocenters. The van der Waals surface area contributed by atoms with Gasteiger partial charge in [0.2, 0.25) is 0 Å². The molecule has 0 saturated carbocycles. The van der Waals surface area contributed by atoms with E-state index in [1.807, 2.05) is 57.2 Å². The van der Waals surface area contributed by atoms with Crippen molar-refractivity contribution in [3.63, 3.8) is 0 Å². The molecule has 3 N–H and O–H groups in total. The molecule has 3 amide bonds. The van der Waals surface area contributed by atoms with Crippen LogP contribution in [0.25, 0.3) is 0 Å². The molecule has 0 atom stereocenters. The number of para-hydroxylation sites is 1. The first kappa shape index (κ1) is 28.1. The number of hydrogen-bond acceptors (Lipinski definition) is 5. The van der Waals surface area contributed by atoms with Crippen LogP contribution in [0.4, 0.5) is 5.69 Å². The number of hydrazone groups is 1. The number of benzene rings is 3. The second kappa shape index (κ2) is 13.2. The number of hydrogen-bond donors (Lipinski definition) is 3. The highest BCUT2D eigenvalue weighted by Crippen LogP contribution is 2.22. The van der Waals surface area contributed by atoms with E-state index in [2.05, 4.69) is 35.0 Å². The number of aryl methyl sites for hydroxylation is 3. The summed E-state index contributed by atoms with van der Waals surface area (Å²) in [5, 5.41) is 9.34. The highest BCUT2D eigenvalue weighted by molar-refractivity contribution is 6.35. The quantitative estimate of drug-likeness (QED) is 0.222. The summed E-state index contributed by atoms with van der Waals surface area (Å²) in [7, 11) is 0. The van der Waals surface area contributed by atoms with Gasteiger partial charge in [0.05, 0.1) is 6.21 Å². The Kier molecular flexibility index (Phi) is 9.76. The maximum Gasteiger partial charge on any atom is 0.329 e. The Bertz CT molecular complexity index is 1310. The van der Waals surface area contributed by atoms with Crippen LogP contribution in [0.5, 0.6) is 5.75 Å². The molecule has 0 aliphatic rings. The number of rotatable bonds is 9. The van der Waals surface area contributed by atoms with Gasteiger partial charge in [-0.15, -0.1) is 0 Å². The van der Waals surface area contributed by atoms with E-state index in [4.69, 9.17) is 4.74 Å². The van der Waals surface area contributed by atoms with Gasteiger partial charge in [0, 0.05) is 17.8 Å². The average molecular weight is 515 g/mol. The fraction of sp³-hybridized carbons (Fsp3) is 0.267. The van der Waals surface area contributed by atoms with E-state index in [9.17, 15) is 14.4 Å². The zero-order valence-corrected chi connectivity index (χ0v) is 22.4. The summed E-state index contributed by atoms with van der Waals surface area (Å²) >= 11 is 0. The minimum Gasteiger partial charge on any atom is -0.483 e. The first-order chi connectivity index (χ1) is 18.1. The minimum atomic E-state index is -0.887. The van der Waals surface area contributed by atoms with Crippen molar-refractivity contribution in [2.75, 3.05) is 11.9 Å². The van der Waals surface area contributed by atoms with Gasteiger partial charge in [0.1, 0.15) is 5.75 Å². The van der Waals surface area contributed by atoms with E-state index in [-0.39, 0.29) is 19.1 Å². The summed E-state index contributed by atoms with van der Waals surface area (Å²) in [6.45, 7) is 10.1. The molecule has 3 aromatic rings. The van der Waals surface area contributed by atoms with Crippen LogP contribution in [0.3, 0.4) is 0 Å². The summed E-state index contributed by atoms with van der Waals surface area (Å²) < 4.78 is 5.69. The SMILES string of the molecule is Cc1cc(C)c(NC(=O)COc2ccccc2/C=N\NC(=O)C(=O)NCc2ccc(C(C)C)cc2)c(C)c1. The normalized spacial score (nSPS) is 10.9. The third-order valence-corrected chi connectivity index (χ3v) is 5.89. The second-order valence-corrected chi connectivity index (χ2v) is 9.43. The van der Waals surface area contributed by atoms with Crippen LogP contribution in [0.15, 0.2) is 65.8 Å². The standard InChI is InChI=1S/C30H34N4O4/c1-19(2)24-12-10-23(11-13-24)16-31-29(36)30(37)34-32-17-25-8-6-7-9-26(25)38-18-27(35)33-28-21(4)14-20(3)15-22(28)5/h6-15,17,19H,16,18H2,1-5H3,(H,31,36)(H,33,35)(H,34,37)/b32-17-. The van der Waals surface area contributed by atoms with Crippen LogP contribution in [0.1, 0.15) is 53.1 Å². The molecule has 3 aromatic carbocycles. The third kappa shape index (κ3) is 8.03. The second-order valence-electron chi connectivity index (χ2n) is 9.43. The minimum absolute atomic E-state index is 0.204. The zero-order valence-electron chi connectivity index (χ0n) is 22.4. The summed E-state index contributed by atoms with van der Waals surface area (Å²) in [6.07, 6.45) is 1.36. The fourth-order valence-electron chi connectivity index (χ4n) is 3.91. The molecule has 0 saturated heterocycles. The van der Waals surface area contributed by atoms with Crippen LogP contribution in [0.2, 0.25) is 0 Å². The number of carbonyl (C=O) groups is 3. The number of anilines is 1. The molecule has 0 aliphatic heterocycles. The Morgan fingerprint density at radius 1 is 0.921 bits per heavy atom. The summed E-state index contributed by atoms with van der Waals surface area (Å²) in [5.74, 6) is -1.15. The molecule has 8 heteroatoms. The smallest absolute Gasteiger partial charge is 0.329 e. The lowest BCUT2D eigenvalue weighted by molar-refractivity contribution is -0.139. The molecule has 0 fully saturated rings. The lowest BCUT2D eigenvalue weighted by atomic mass is 10.0. The Labute approximate surface area is 223 Å². The van der Waals surface area contributed by atoms with Crippen molar-refractivity contribution in [2.45, 2.75) is 47.1 Å². The number of amides is 3. The highest BCUT2D eigenvalue weighted by Gasteiger charge is 2.13. The summed E-state index contributed by atoms with van der Waals surface area (Å²) in [5.41, 5.74) is 8.70. The van der Waals surface area contributed by atoms with Crippen molar-refractivity contribution in [1.29, 1.82) is 0 Å². The van der Waals surface area contributed by atoms with Gasteiger partial charge in [0.15, 0.2) is 6.61 Å².